The highest BCUT2D eigenvalue weighted by atomic mass is 35.5. The summed E-state index contributed by atoms with van der Waals surface area (Å²) < 4.78 is 5.77. The van der Waals surface area contributed by atoms with Crippen LogP contribution in [0.3, 0.4) is 0 Å². The van der Waals surface area contributed by atoms with Crippen molar-refractivity contribution in [3.8, 4) is 5.75 Å². The first-order chi connectivity index (χ1) is 11.5. The highest BCUT2D eigenvalue weighted by Gasteiger charge is 2.09. The van der Waals surface area contributed by atoms with E-state index in [1.54, 1.807) is 0 Å². The molecule has 0 heterocycles. The highest BCUT2D eigenvalue weighted by Crippen LogP contribution is 2.23. The van der Waals surface area contributed by atoms with E-state index in [2.05, 4.69) is 18.3 Å². The lowest BCUT2D eigenvalue weighted by atomic mass is 10.1. The van der Waals surface area contributed by atoms with Crippen LogP contribution < -0.4 is 15.8 Å². The van der Waals surface area contributed by atoms with Gasteiger partial charge in [-0.05, 0) is 49.1 Å². The molecule has 0 fully saturated rings. The van der Waals surface area contributed by atoms with Gasteiger partial charge in [-0.2, -0.15) is 0 Å². The number of hydrogen-bond acceptors (Lipinski definition) is 3. The Morgan fingerprint density at radius 3 is 2.52 bits per heavy atom. The number of benzene rings is 2. The van der Waals surface area contributed by atoms with Gasteiger partial charge in [0.05, 0.1) is 13.0 Å². The Morgan fingerprint density at radius 2 is 1.84 bits per heavy atom. The molecule has 2 rings (SSSR count). The van der Waals surface area contributed by atoms with Gasteiger partial charge in [-0.15, -0.1) is 12.4 Å². The van der Waals surface area contributed by atoms with Crippen molar-refractivity contribution in [1.82, 2.24) is 5.32 Å². The van der Waals surface area contributed by atoms with Gasteiger partial charge in [0.2, 0.25) is 5.91 Å². The number of nitrogens with one attached hydrogen (secondary N) is 1. The lowest BCUT2D eigenvalue weighted by Gasteiger charge is -2.14. The third-order valence-electron chi connectivity index (χ3n) is 4.10. The molecule has 0 bridgehead atoms. The predicted molar refractivity (Wildman–Crippen MR) is 104 cm³/mol. The summed E-state index contributed by atoms with van der Waals surface area (Å²) in [5, 5.41) is 2.86. The first-order valence-electron chi connectivity index (χ1n) is 8.25. The minimum absolute atomic E-state index is 0. The number of hydrogen-bond donors (Lipinski definition) is 2. The third kappa shape index (κ3) is 6.40. The van der Waals surface area contributed by atoms with Crippen molar-refractivity contribution in [2.24, 2.45) is 5.73 Å². The Labute approximate surface area is 156 Å². The van der Waals surface area contributed by atoms with E-state index in [9.17, 15) is 4.79 Å². The lowest BCUT2D eigenvalue weighted by molar-refractivity contribution is -0.121. The average Bonchev–Trinajstić information content (AvgIpc) is 2.57. The van der Waals surface area contributed by atoms with Crippen molar-refractivity contribution in [2.75, 3.05) is 13.2 Å². The highest BCUT2D eigenvalue weighted by molar-refractivity contribution is 5.85. The molecule has 25 heavy (non-hydrogen) atoms. The summed E-state index contributed by atoms with van der Waals surface area (Å²) in [5.41, 5.74) is 10.6. The molecule has 0 aliphatic heterocycles. The molecular formula is C20H27ClN2O2. The van der Waals surface area contributed by atoms with Gasteiger partial charge in [0.25, 0.3) is 0 Å². The molecule has 1 atom stereocenters. The molecule has 0 saturated heterocycles. The van der Waals surface area contributed by atoms with E-state index >= 15 is 0 Å². The second-order valence-corrected chi connectivity index (χ2v) is 6.12. The number of nitrogens with two attached hydrogens (primary N) is 1. The van der Waals surface area contributed by atoms with Crippen molar-refractivity contribution in [3.05, 3.63) is 64.7 Å². The predicted octanol–water partition coefficient (Wildman–Crippen LogP) is 3.62. The van der Waals surface area contributed by atoms with Crippen LogP contribution in [0, 0.1) is 20.8 Å². The molecule has 1 amide bonds. The molecule has 0 aromatic heterocycles. The van der Waals surface area contributed by atoms with Gasteiger partial charge >= 0.3 is 0 Å². The molecule has 2 aromatic carbocycles. The molecule has 3 N–H and O–H groups in total. The van der Waals surface area contributed by atoms with Gasteiger partial charge in [0, 0.05) is 12.6 Å². The van der Waals surface area contributed by atoms with E-state index in [-0.39, 0.29) is 24.4 Å². The summed E-state index contributed by atoms with van der Waals surface area (Å²) in [4.78, 5) is 11.9. The number of carbonyl (C=O) groups excluding carboxylic acids is 1. The molecule has 0 saturated carbocycles. The summed E-state index contributed by atoms with van der Waals surface area (Å²) in [6.07, 6.45) is 0.313. The first-order valence-corrected chi connectivity index (χ1v) is 8.25. The maximum atomic E-state index is 11.9. The minimum Gasteiger partial charge on any atom is -0.493 e. The minimum atomic E-state index is -0.197. The van der Waals surface area contributed by atoms with E-state index in [0.29, 0.717) is 19.6 Å². The molecular weight excluding hydrogens is 336 g/mol. The number of carbonyl (C=O) groups is 1. The molecule has 0 aliphatic carbocycles. The van der Waals surface area contributed by atoms with E-state index in [1.807, 2.05) is 50.2 Å². The van der Waals surface area contributed by atoms with Gasteiger partial charge in [0.1, 0.15) is 5.75 Å². The van der Waals surface area contributed by atoms with Crippen LogP contribution >= 0.6 is 12.4 Å². The van der Waals surface area contributed by atoms with Crippen LogP contribution in [0.2, 0.25) is 0 Å². The van der Waals surface area contributed by atoms with E-state index in [0.717, 1.165) is 22.4 Å². The van der Waals surface area contributed by atoms with Crippen LogP contribution in [-0.4, -0.2) is 19.1 Å². The van der Waals surface area contributed by atoms with Crippen molar-refractivity contribution in [3.63, 3.8) is 0 Å². The fourth-order valence-electron chi connectivity index (χ4n) is 2.53. The molecule has 1 unspecified atom stereocenters. The fourth-order valence-corrected chi connectivity index (χ4v) is 2.53. The Balaban J connectivity index is 0.00000312. The number of rotatable bonds is 7. The van der Waals surface area contributed by atoms with Gasteiger partial charge in [-0.25, -0.2) is 0 Å². The number of amides is 1. The van der Waals surface area contributed by atoms with E-state index in [1.165, 1.54) is 5.56 Å². The van der Waals surface area contributed by atoms with Crippen LogP contribution in [0.1, 0.15) is 34.7 Å². The molecule has 136 valence electrons. The van der Waals surface area contributed by atoms with Gasteiger partial charge in [0.15, 0.2) is 0 Å². The summed E-state index contributed by atoms with van der Waals surface area (Å²) >= 11 is 0. The summed E-state index contributed by atoms with van der Waals surface area (Å²) in [5.74, 6) is 0.796. The Kier molecular flexibility index (Phi) is 8.46. The first kappa shape index (κ1) is 21.0. The summed E-state index contributed by atoms with van der Waals surface area (Å²) in [6, 6.07) is 13.7. The molecule has 2 aromatic rings. The van der Waals surface area contributed by atoms with Crippen LogP contribution in [0.15, 0.2) is 42.5 Å². The SMILES string of the molecule is Cc1cc(C)c(C)c(OCCC(=O)NCC(N)c2ccccc2)c1.Cl. The zero-order valence-electron chi connectivity index (χ0n) is 15.0. The molecule has 0 aliphatic rings. The number of halogens is 1. The van der Waals surface area contributed by atoms with Crippen molar-refractivity contribution < 1.29 is 9.53 Å². The smallest absolute Gasteiger partial charge is 0.223 e. The van der Waals surface area contributed by atoms with Gasteiger partial charge in [-0.1, -0.05) is 36.4 Å². The Hall–Kier alpha value is -2.04. The fraction of sp³-hybridized carbons (Fsp3) is 0.350. The standard InChI is InChI=1S/C20H26N2O2.ClH/c1-14-11-15(2)16(3)19(12-14)24-10-9-20(23)22-13-18(21)17-7-5-4-6-8-17;/h4-8,11-12,18H,9-10,13,21H2,1-3H3,(H,22,23);1H. The third-order valence-corrected chi connectivity index (χ3v) is 4.10. The van der Waals surface area contributed by atoms with Crippen LogP contribution in [0.5, 0.6) is 5.75 Å². The summed E-state index contributed by atoms with van der Waals surface area (Å²) in [7, 11) is 0. The Morgan fingerprint density at radius 1 is 1.16 bits per heavy atom. The van der Waals surface area contributed by atoms with E-state index < -0.39 is 0 Å². The average molecular weight is 363 g/mol. The van der Waals surface area contributed by atoms with Crippen LogP contribution in [-0.2, 0) is 4.79 Å². The summed E-state index contributed by atoms with van der Waals surface area (Å²) in [6.45, 7) is 6.91. The zero-order chi connectivity index (χ0) is 17.5. The maximum absolute atomic E-state index is 11.9. The van der Waals surface area contributed by atoms with Crippen LogP contribution in [0.25, 0.3) is 0 Å². The van der Waals surface area contributed by atoms with E-state index in [4.69, 9.17) is 10.5 Å². The quantitative estimate of drug-likeness (QED) is 0.790. The number of ether oxygens (including phenoxy) is 1. The lowest BCUT2D eigenvalue weighted by Crippen LogP contribution is -2.32. The van der Waals surface area contributed by atoms with Gasteiger partial charge in [-0.3, -0.25) is 4.79 Å². The largest absolute Gasteiger partial charge is 0.493 e. The topological polar surface area (TPSA) is 64.3 Å². The normalized spacial score (nSPS) is 11.4. The Bertz CT molecular complexity index is 690. The maximum Gasteiger partial charge on any atom is 0.223 e. The van der Waals surface area contributed by atoms with Crippen molar-refractivity contribution in [2.45, 2.75) is 33.2 Å². The second-order valence-electron chi connectivity index (χ2n) is 6.12. The zero-order valence-corrected chi connectivity index (χ0v) is 15.9. The molecule has 5 heteroatoms. The van der Waals surface area contributed by atoms with Gasteiger partial charge < -0.3 is 15.8 Å². The molecule has 4 nitrogen and oxygen atoms in total. The van der Waals surface area contributed by atoms with Crippen molar-refractivity contribution in [1.29, 1.82) is 0 Å². The van der Waals surface area contributed by atoms with Crippen LogP contribution in [0.4, 0.5) is 0 Å². The molecule has 0 radical (unpaired) electrons. The molecule has 0 spiro atoms. The second kappa shape index (κ2) is 10.1. The van der Waals surface area contributed by atoms with Crippen molar-refractivity contribution >= 4 is 18.3 Å². The monoisotopic (exact) mass is 362 g/mol. The number of aryl methyl sites for hydroxylation is 2.